The predicted octanol–water partition coefficient (Wildman–Crippen LogP) is 3.01. The Kier molecular flexibility index (Phi) is 6.57. The molecule has 0 aliphatic heterocycles. The van der Waals surface area contributed by atoms with Gasteiger partial charge in [-0.1, -0.05) is 30.3 Å². The summed E-state index contributed by atoms with van der Waals surface area (Å²) in [5, 5.41) is 2.82. The standard InChI is InChI=1S/C19H23ClN2O4S/c20-27(24,25)17-11-18(22(13-17)12-15-5-2-1-3-6-15)19(23)21-9-4-10-26-14-16-7-8-16/h1-3,5-6,11,13,16H,4,7-10,12,14H2,(H,21,23). The Balaban J connectivity index is 1.62. The van der Waals surface area contributed by atoms with E-state index in [1.807, 2.05) is 30.3 Å². The molecule has 0 radical (unpaired) electrons. The summed E-state index contributed by atoms with van der Waals surface area (Å²) in [7, 11) is 1.54. The Labute approximate surface area is 163 Å². The first kappa shape index (κ1) is 19.9. The molecule has 1 aromatic carbocycles. The van der Waals surface area contributed by atoms with Gasteiger partial charge in [-0.3, -0.25) is 4.79 Å². The van der Waals surface area contributed by atoms with Crippen LogP contribution in [0.15, 0.2) is 47.5 Å². The maximum Gasteiger partial charge on any atom is 0.267 e. The van der Waals surface area contributed by atoms with Crippen molar-refractivity contribution in [2.24, 2.45) is 5.92 Å². The third-order valence-corrected chi connectivity index (χ3v) is 5.70. The fourth-order valence-electron chi connectivity index (χ4n) is 2.72. The van der Waals surface area contributed by atoms with Gasteiger partial charge in [0.05, 0.1) is 0 Å². The lowest BCUT2D eigenvalue weighted by atomic mass is 10.2. The Morgan fingerprint density at radius 2 is 2.00 bits per heavy atom. The van der Waals surface area contributed by atoms with E-state index < -0.39 is 9.05 Å². The monoisotopic (exact) mass is 410 g/mol. The number of ether oxygens (including phenoxy) is 1. The molecule has 3 rings (SSSR count). The van der Waals surface area contributed by atoms with Crippen LogP contribution in [0, 0.1) is 5.92 Å². The van der Waals surface area contributed by atoms with Gasteiger partial charge in [0.15, 0.2) is 0 Å². The van der Waals surface area contributed by atoms with E-state index in [9.17, 15) is 13.2 Å². The fraction of sp³-hybridized carbons (Fsp3) is 0.421. The van der Waals surface area contributed by atoms with Gasteiger partial charge in [-0.15, -0.1) is 0 Å². The van der Waals surface area contributed by atoms with Crippen molar-refractivity contribution in [3.05, 3.63) is 53.9 Å². The zero-order valence-corrected chi connectivity index (χ0v) is 16.5. The number of amides is 1. The number of carbonyl (C=O) groups is 1. The zero-order chi connectivity index (χ0) is 19.3. The number of nitrogens with one attached hydrogen (secondary N) is 1. The number of nitrogens with zero attached hydrogens (tertiary/aromatic N) is 1. The second-order valence-electron chi connectivity index (χ2n) is 6.74. The van der Waals surface area contributed by atoms with Crippen LogP contribution in [0.5, 0.6) is 0 Å². The van der Waals surface area contributed by atoms with Crippen LogP contribution in [0.4, 0.5) is 0 Å². The van der Waals surface area contributed by atoms with Gasteiger partial charge in [0.1, 0.15) is 10.6 Å². The summed E-state index contributed by atoms with van der Waals surface area (Å²) in [4.78, 5) is 12.5. The minimum absolute atomic E-state index is 0.0852. The maximum atomic E-state index is 12.5. The summed E-state index contributed by atoms with van der Waals surface area (Å²) < 4.78 is 30.5. The van der Waals surface area contributed by atoms with E-state index in [-0.39, 0.29) is 16.5 Å². The molecule has 0 saturated heterocycles. The molecule has 27 heavy (non-hydrogen) atoms. The minimum Gasteiger partial charge on any atom is -0.381 e. The van der Waals surface area contributed by atoms with E-state index in [2.05, 4.69) is 5.32 Å². The SMILES string of the molecule is O=C(NCCCOCC1CC1)c1cc(S(=O)(=O)Cl)cn1Cc1ccccc1. The van der Waals surface area contributed by atoms with Crippen molar-refractivity contribution in [2.75, 3.05) is 19.8 Å². The van der Waals surface area contributed by atoms with Gasteiger partial charge in [-0.2, -0.15) is 0 Å². The fourth-order valence-corrected chi connectivity index (χ4v) is 3.48. The molecular formula is C19H23ClN2O4S. The summed E-state index contributed by atoms with van der Waals surface area (Å²) in [5.41, 5.74) is 1.21. The van der Waals surface area contributed by atoms with Crippen molar-refractivity contribution in [2.45, 2.75) is 30.7 Å². The third-order valence-electron chi connectivity index (χ3n) is 4.38. The lowest BCUT2D eigenvalue weighted by Crippen LogP contribution is -2.27. The van der Waals surface area contributed by atoms with Crippen LogP contribution in [0.25, 0.3) is 0 Å². The number of hydrogen-bond acceptors (Lipinski definition) is 4. The van der Waals surface area contributed by atoms with Crippen LogP contribution in [-0.4, -0.2) is 38.7 Å². The van der Waals surface area contributed by atoms with E-state index in [0.717, 1.165) is 18.1 Å². The van der Waals surface area contributed by atoms with Crippen LogP contribution >= 0.6 is 10.7 Å². The van der Waals surface area contributed by atoms with Gasteiger partial charge in [0, 0.05) is 43.2 Å². The average molecular weight is 411 g/mol. The lowest BCUT2D eigenvalue weighted by Gasteiger charge is -2.10. The van der Waals surface area contributed by atoms with Crippen molar-refractivity contribution >= 4 is 25.6 Å². The summed E-state index contributed by atoms with van der Waals surface area (Å²) in [6.45, 7) is 2.23. The number of hydrogen-bond donors (Lipinski definition) is 1. The number of carbonyl (C=O) groups excluding carboxylic acids is 1. The molecular weight excluding hydrogens is 388 g/mol. The van der Waals surface area contributed by atoms with E-state index in [0.29, 0.717) is 26.1 Å². The number of aromatic nitrogens is 1. The van der Waals surface area contributed by atoms with Crippen LogP contribution in [0.3, 0.4) is 0 Å². The molecule has 0 unspecified atom stereocenters. The summed E-state index contributed by atoms with van der Waals surface area (Å²) in [6, 6.07) is 10.8. The smallest absolute Gasteiger partial charge is 0.267 e. The molecule has 2 aromatic rings. The van der Waals surface area contributed by atoms with E-state index in [1.54, 1.807) is 4.57 Å². The largest absolute Gasteiger partial charge is 0.381 e. The first-order chi connectivity index (χ1) is 12.9. The second-order valence-corrected chi connectivity index (χ2v) is 9.31. The molecule has 0 bridgehead atoms. The predicted molar refractivity (Wildman–Crippen MR) is 104 cm³/mol. The Morgan fingerprint density at radius 1 is 1.26 bits per heavy atom. The highest BCUT2D eigenvalue weighted by atomic mass is 35.7. The van der Waals surface area contributed by atoms with E-state index in [1.165, 1.54) is 25.1 Å². The highest BCUT2D eigenvalue weighted by Crippen LogP contribution is 2.28. The van der Waals surface area contributed by atoms with Gasteiger partial charge in [-0.25, -0.2) is 8.42 Å². The Hall–Kier alpha value is -1.83. The van der Waals surface area contributed by atoms with Crippen LogP contribution in [-0.2, 0) is 20.3 Å². The number of benzene rings is 1. The lowest BCUT2D eigenvalue weighted by molar-refractivity contribution is 0.0929. The van der Waals surface area contributed by atoms with Crippen molar-refractivity contribution in [1.82, 2.24) is 9.88 Å². The van der Waals surface area contributed by atoms with E-state index in [4.69, 9.17) is 15.4 Å². The average Bonchev–Trinajstić information content (AvgIpc) is 3.35. The van der Waals surface area contributed by atoms with Crippen molar-refractivity contribution in [3.8, 4) is 0 Å². The molecule has 1 aliphatic carbocycles. The van der Waals surface area contributed by atoms with Gasteiger partial charge >= 0.3 is 0 Å². The van der Waals surface area contributed by atoms with Crippen molar-refractivity contribution in [3.63, 3.8) is 0 Å². The second kappa shape index (κ2) is 8.91. The highest BCUT2D eigenvalue weighted by molar-refractivity contribution is 8.13. The molecule has 1 N–H and O–H groups in total. The molecule has 1 fully saturated rings. The summed E-state index contributed by atoms with van der Waals surface area (Å²) >= 11 is 0. The summed E-state index contributed by atoms with van der Waals surface area (Å²) in [6.07, 6.45) is 4.60. The number of rotatable bonds is 10. The highest BCUT2D eigenvalue weighted by Gasteiger charge is 2.21. The minimum atomic E-state index is -3.91. The molecule has 146 valence electrons. The first-order valence-corrected chi connectivity index (χ1v) is 11.3. The van der Waals surface area contributed by atoms with Crippen LogP contribution in [0.1, 0.15) is 35.3 Å². The third kappa shape index (κ3) is 6.09. The maximum absolute atomic E-state index is 12.5. The zero-order valence-electron chi connectivity index (χ0n) is 14.9. The molecule has 6 nitrogen and oxygen atoms in total. The normalized spacial score (nSPS) is 14.3. The van der Waals surface area contributed by atoms with Gasteiger partial charge < -0.3 is 14.6 Å². The molecule has 1 amide bonds. The van der Waals surface area contributed by atoms with Crippen LogP contribution < -0.4 is 5.32 Å². The van der Waals surface area contributed by atoms with Crippen LogP contribution in [0.2, 0.25) is 0 Å². The van der Waals surface area contributed by atoms with Crippen molar-refractivity contribution < 1.29 is 17.9 Å². The molecule has 1 aliphatic rings. The van der Waals surface area contributed by atoms with Crippen molar-refractivity contribution in [1.29, 1.82) is 0 Å². The van der Waals surface area contributed by atoms with Gasteiger partial charge in [0.25, 0.3) is 15.0 Å². The van der Waals surface area contributed by atoms with Gasteiger partial charge in [-0.05, 0) is 36.8 Å². The molecule has 0 spiro atoms. The molecule has 0 atom stereocenters. The molecule has 1 aromatic heterocycles. The molecule has 1 saturated carbocycles. The van der Waals surface area contributed by atoms with E-state index >= 15 is 0 Å². The topological polar surface area (TPSA) is 77.4 Å². The molecule has 8 heteroatoms. The number of halogens is 1. The first-order valence-electron chi connectivity index (χ1n) is 8.98. The Morgan fingerprint density at radius 3 is 2.67 bits per heavy atom. The molecule has 1 heterocycles. The quantitative estimate of drug-likeness (QED) is 0.482. The summed E-state index contributed by atoms with van der Waals surface area (Å²) in [5.74, 6) is 0.386. The Bertz CT molecular complexity index is 876. The van der Waals surface area contributed by atoms with Gasteiger partial charge in [0.2, 0.25) is 0 Å².